The standard InChI is InChI=1S/C13H15NO6/c1-8-6-9(4-5-11(8)14(17)18)7-10(12(15)19-2)13(16)20-3/h4-6,10H,7H2,1-3H3. The van der Waals surface area contributed by atoms with Gasteiger partial charge in [0.15, 0.2) is 5.92 Å². The van der Waals surface area contributed by atoms with Crippen molar-refractivity contribution in [2.75, 3.05) is 14.2 Å². The summed E-state index contributed by atoms with van der Waals surface area (Å²) in [4.78, 5) is 33.3. The van der Waals surface area contributed by atoms with Crippen molar-refractivity contribution in [3.63, 3.8) is 0 Å². The first kappa shape index (κ1) is 15.6. The molecule has 0 atom stereocenters. The predicted molar refractivity (Wildman–Crippen MR) is 69.1 cm³/mol. The number of carbonyl (C=O) groups excluding carboxylic acids is 2. The first-order chi connectivity index (χ1) is 9.40. The van der Waals surface area contributed by atoms with Gasteiger partial charge in [0.1, 0.15) is 0 Å². The van der Waals surface area contributed by atoms with E-state index in [2.05, 4.69) is 9.47 Å². The Morgan fingerprint density at radius 3 is 2.20 bits per heavy atom. The van der Waals surface area contributed by atoms with E-state index in [0.717, 1.165) is 0 Å². The van der Waals surface area contributed by atoms with Gasteiger partial charge in [0.2, 0.25) is 0 Å². The fourth-order valence-corrected chi connectivity index (χ4v) is 1.83. The largest absolute Gasteiger partial charge is 0.468 e. The van der Waals surface area contributed by atoms with Crippen LogP contribution in [0.4, 0.5) is 5.69 Å². The van der Waals surface area contributed by atoms with Gasteiger partial charge in [0.05, 0.1) is 19.1 Å². The van der Waals surface area contributed by atoms with Crippen molar-refractivity contribution in [3.8, 4) is 0 Å². The number of carbonyl (C=O) groups is 2. The van der Waals surface area contributed by atoms with Crippen LogP contribution in [0.15, 0.2) is 18.2 Å². The second kappa shape index (κ2) is 6.65. The highest BCUT2D eigenvalue weighted by atomic mass is 16.6. The maximum absolute atomic E-state index is 11.5. The number of esters is 2. The van der Waals surface area contributed by atoms with E-state index < -0.39 is 22.8 Å². The molecule has 0 aliphatic carbocycles. The van der Waals surface area contributed by atoms with Gasteiger partial charge in [-0.1, -0.05) is 6.07 Å². The lowest BCUT2D eigenvalue weighted by atomic mass is 9.97. The monoisotopic (exact) mass is 281 g/mol. The zero-order chi connectivity index (χ0) is 15.3. The van der Waals surface area contributed by atoms with E-state index in [9.17, 15) is 19.7 Å². The van der Waals surface area contributed by atoms with Crippen LogP contribution in [0.5, 0.6) is 0 Å². The second-order valence-corrected chi connectivity index (χ2v) is 4.18. The third-order valence-electron chi connectivity index (χ3n) is 2.87. The minimum atomic E-state index is -1.08. The van der Waals surface area contributed by atoms with Gasteiger partial charge in [-0.15, -0.1) is 0 Å². The number of methoxy groups -OCH3 is 2. The molecule has 0 spiro atoms. The fourth-order valence-electron chi connectivity index (χ4n) is 1.83. The van der Waals surface area contributed by atoms with E-state index in [1.54, 1.807) is 13.0 Å². The summed E-state index contributed by atoms with van der Waals surface area (Å²) >= 11 is 0. The topological polar surface area (TPSA) is 95.7 Å². The first-order valence-corrected chi connectivity index (χ1v) is 5.80. The summed E-state index contributed by atoms with van der Waals surface area (Å²) in [5, 5.41) is 10.7. The number of benzene rings is 1. The van der Waals surface area contributed by atoms with Gasteiger partial charge in [-0.25, -0.2) is 0 Å². The maximum atomic E-state index is 11.5. The molecule has 0 saturated heterocycles. The van der Waals surface area contributed by atoms with Crippen molar-refractivity contribution in [2.24, 2.45) is 5.92 Å². The smallest absolute Gasteiger partial charge is 0.320 e. The number of nitro groups is 1. The Morgan fingerprint density at radius 2 is 1.80 bits per heavy atom. The molecule has 0 bridgehead atoms. The molecule has 7 nitrogen and oxygen atoms in total. The number of aryl methyl sites for hydroxylation is 1. The van der Waals surface area contributed by atoms with E-state index in [1.807, 2.05) is 0 Å². The van der Waals surface area contributed by atoms with Gasteiger partial charge in [0.25, 0.3) is 5.69 Å². The molecule has 0 saturated carbocycles. The van der Waals surface area contributed by atoms with Crippen LogP contribution in [0.25, 0.3) is 0 Å². The molecule has 0 fully saturated rings. The molecule has 1 aromatic rings. The summed E-state index contributed by atoms with van der Waals surface area (Å²) in [5.41, 5.74) is 1.07. The van der Waals surface area contributed by atoms with Crippen LogP contribution < -0.4 is 0 Å². The maximum Gasteiger partial charge on any atom is 0.320 e. The number of hydrogen-bond donors (Lipinski definition) is 0. The Kier molecular flexibility index (Phi) is 5.19. The molecule has 7 heteroatoms. The van der Waals surface area contributed by atoms with Gasteiger partial charge in [0, 0.05) is 11.6 Å². The average molecular weight is 281 g/mol. The van der Waals surface area contributed by atoms with E-state index in [4.69, 9.17) is 0 Å². The Balaban J connectivity index is 3.00. The highest BCUT2D eigenvalue weighted by Crippen LogP contribution is 2.21. The van der Waals surface area contributed by atoms with Crippen LogP contribution >= 0.6 is 0 Å². The molecule has 0 aromatic heterocycles. The predicted octanol–water partition coefficient (Wildman–Crippen LogP) is 1.41. The average Bonchev–Trinajstić information content (AvgIpc) is 2.42. The number of rotatable bonds is 5. The Morgan fingerprint density at radius 1 is 1.25 bits per heavy atom. The van der Waals surface area contributed by atoms with Crippen LogP contribution in [0.3, 0.4) is 0 Å². The van der Waals surface area contributed by atoms with Crippen LogP contribution in [-0.2, 0) is 25.5 Å². The summed E-state index contributed by atoms with van der Waals surface area (Å²) in [5.74, 6) is -2.48. The van der Waals surface area contributed by atoms with Gasteiger partial charge in [-0.05, 0) is 25.0 Å². The summed E-state index contributed by atoms with van der Waals surface area (Å²) in [6.45, 7) is 1.59. The van der Waals surface area contributed by atoms with E-state index in [1.165, 1.54) is 26.4 Å². The van der Waals surface area contributed by atoms with Crippen LogP contribution in [-0.4, -0.2) is 31.1 Å². The lowest BCUT2D eigenvalue weighted by Crippen LogP contribution is -2.28. The highest BCUT2D eigenvalue weighted by Gasteiger charge is 2.29. The normalized spacial score (nSPS) is 10.2. The lowest BCUT2D eigenvalue weighted by Gasteiger charge is -2.12. The number of hydrogen-bond acceptors (Lipinski definition) is 6. The molecular weight excluding hydrogens is 266 g/mol. The Bertz CT molecular complexity index is 524. The third-order valence-corrected chi connectivity index (χ3v) is 2.87. The molecule has 0 unspecified atom stereocenters. The molecule has 0 amide bonds. The van der Waals surface area contributed by atoms with Crippen LogP contribution in [0, 0.1) is 23.0 Å². The van der Waals surface area contributed by atoms with Gasteiger partial charge in [-0.3, -0.25) is 19.7 Å². The summed E-state index contributed by atoms with van der Waals surface area (Å²) in [6.07, 6.45) is 0.0676. The van der Waals surface area contributed by atoms with Crippen molar-refractivity contribution in [1.82, 2.24) is 0 Å². The van der Waals surface area contributed by atoms with E-state index in [-0.39, 0.29) is 12.1 Å². The number of nitro benzene ring substituents is 1. The molecule has 0 radical (unpaired) electrons. The Labute approximate surface area is 115 Å². The van der Waals surface area contributed by atoms with Crippen molar-refractivity contribution < 1.29 is 24.0 Å². The van der Waals surface area contributed by atoms with Crippen molar-refractivity contribution in [1.29, 1.82) is 0 Å². The summed E-state index contributed by atoms with van der Waals surface area (Å²) in [6, 6.07) is 4.41. The van der Waals surface area contributed by atoms with E-state index >= 15 is 0 Å². The van der Waals surface area contributed by atoms with E-state index in [0.29, 0.717) is 11.1 Å². The van der Waals surface area contributed by atoms with Crippen molar-refractivity contribution in [2.45, 2.75) is 13.3 Å². The molecule has 0 heterocycles. The minimum Gasteiger partial charge on any atom is -0.468 e. The Hall–Kier alpha value is -2.44. The summed E-state index contributed by atoms with van der Waals surface area (Å²) in [7, 11) is 2.36. The third kappa shape index (κ3) is 3.53. The molecule has 1 rings (SSSR count). The fraction of sp³-hybridized carbons (Fsp3) is 0.385. The SMILES string of the molecule is COC(=O)C(Cc1ccc([N+](=O)[O-])c(C)c1)C(=O)OC. The molecule has 0 aliphatic rings. The number of nitrogens with zero attached hydrogens (tertiary/aromatic N) is 1. The molecule has 20 heavy (non-hydrogen) atoms. The van der Waals surface area contributed by atoms with Gasteiger partial charge in [-0.2, -0.15) is 0 Å². The van der Waals surface area contributed by atoms with Gasteiger partial charge < -0.3 is 9.47 Å². The highest BCUT2D eigenvalue weighted by molar-refractivity contribution is 5.95. The minimum absolute atomic E-state index is 0.0126. The molecule has 1 aromatic carbocycles. The van der Waals surface area contributed by atoms with Crippen molar-refractivity contribution >= 4 is 17.6 Å². The molecule has 0 N–H and O–H groups in total. The second-order valence-electron chi connectivity index (χ2n) is 4.18. The zero-order valence-corrected chi connectivity index (χ0v) is 11.4. The number of ether oxygens (including phenoxy) is 2. The quantitative estimate of drug-likeness (QED) is 0.350. The molecule has 108 valence electrons. The summed E-state index contributed by atoms with van der Waals surface area (Å²) < 4.78 is 9.10. The van der Waals surface area contributed by atoms with Crippen molar-refractivity contribution in [3.05, 3.63) is 39.4 Å². The van der Waals surface area contributed by atoms with Crippen LogP contribution in [0.2, 0.25) is 0 Å². The first-order valence-electron chi connectivity index (χ1n) is 5.80. The molecule has 0 aliphatic heterocycles. The molecular formula is C13H15NO6. The zero-order valence-electron chi connectivity index (χ0n) is 11.4. The van der Waals surface area contributed by atoms with Crippen LogP contribution in [0.1, 0.15) is 11.1 Å². The lowest BCUT2D eigenvalue weighted by molar-refractivity contribution is -0.385. The van der Waals surface area contributed by atoms with Gasteiger partial charge >= 0.3 is 11.9 Å².